The standard InChI is InChI=1S/C21H21N11O6S3/c1-7-3-10(32-21(24-7)27-14(29-32)16(34)28-23)39-4-8-5-40-18-12(17(35)31(18)13(8)19(36)37)26-15(33)11(30-38-2)9-6-41-20(22)25-9/h3,6,12,18H,4-5,23H2,1-2H3,(H2,22,25)(H,26,33)(H,28,34)(H,36,37)/t12-,18-/m1/s1. The van der Waals surface area contributed by atoms with Crippen LogP contribution in [0.3, 0.4) is 0 Å². The minimum Gasteiger partial charge on any atom is -0.477 e. The van der Waals surface area contributed by atoms with Gasteiger partial charge in [0.05, 0.1) is 0 Å². The minimum absolute atomic E-state index is 0.154. The number of amides is 3. The Labute approximate surface area is 242 Å². The van der Waals surface area contributed by atoms with E-state index in [0.717, 1.165) is 16.2 Å². The third-order valence-electron chi connectivity index (χ3n) is 5.83. The van der Waals surface area contributed by atoms with Crippen molar-refractivity contribution in [1.82, 2.24) is 40.2 Å². The Morgan fingerprint density at radius 2 is 2.10 bits per heavy atom. The number of nitrogens with one attached hydrogen (secondary N) is 2. The van der Waals surface area contributed by atoms with Crippen LogP contribution in [0.1, 0.15) is 22.0 Å². The zero-order chi connectivity index (χ0) is 29.4. The monoisotopic (exact) mass is 619 g/mol. The number of hydrazine groups is 1. The summed E-state index contributed by atoms with van der Waals surface area (Å²) in [6, 6.07) is 0.727. The number of aryl methyl sites for hydroxylation is 1. The summed E-state index contributed by atoms with van der Waals surface area (Å²) in [5, 5.41) is 22.1. The molecule has 2 atom stereocenters. The van der Waals surface area contributed by atoms with E-state index in [1.54, 1.807) is 13.0 Å². The number of aliphatic carboxylic acids is 1. The van der Waals surface area contributed by atoms with Crippen molar-refractivity contribution in [2.45, 2.75) is 23.4 Å². The first-order valence-corrected chi connectivity index (χ1v) is 14.5. The fourth-order valence-corrected chi connectivity index (χ4v) is 7.16. The highest BCUT2D eigenvalue weighted by Crippen LogP contribution is 2.41. The highest BCUT2D eigenvalue weighted by Gasteiger charge is 2.54. The molecular formula is C21H21N11O6S3. The van der Waals surface area contributed by atoms with Crippen molar-refractivity contribution < 1.29 is 29.1 Å². The van der Waals surface area contributed by atoms with Gasteiger partial charge in [0.25, 0.3) is 17.6 Å². The van der Waals surface area contributed by atoms with Crippen LogP contribution in [0.25, 0.3) is 5.78 Å². The van der Waals surface area contributed by atoms with Gasteiger partial charge in [-0.15, -0.1) is 40.0 Å². The van der Waals surface area contributed by atoms with Crippen LogP contribution in [0.2, 0.25) is 0 Å². The smallest absolute Gasteiger partial charge is 0.352 e. The number of nitrogens with zero attached hydrogens (tertiary/aromatic N) is 7. The van der Waals surface area contributed by atoms with Crippen molar-refractivity contribution in [3.8, 4) is 0 Å². The van der Waals surface area contributed by atoms with E-state index >= 15 is 0 Å². The lowest BCUT2D eigenvalue weighted by Crippen LogP contribution is -2.71. The van der Waals surface area contributed by atoms with Crippen LogP contribution in [0, 0.1) is 6.92 Å². The molecule has 0 aromatic carbocycles. The molecule has 1 saturated heterocycles. The van der Waals surface area contributed by atoms with Gasteiger partial charge < -0.3 is 21.0 Å². The molecule has 0 radical (unpaired) electrons. The van der Waals surface area contributed by atoms with Gasteiger partial charge in [-0.2, -0.15) is 9.50 Å². The van der Waals surface area contributed by atoms with E-state index in [2.05, 4.69) is 30.5 Å². The second-order valence-electron chi connectivity index (χ2n) is 8.46. The number of anilines is 1. The molecular weight excluding hydrogens is 599 g/mol. The van der Waals surface area contributed by atoms with Crippen molar-refractivity contribution in [1.29, 1.82) is 0 Å². The predicted molar refractivity (Wildman–Crippen MR) is 148 cm³/mol. The number of β-lactam (4-membered cyclic amide) rings is 1. The second-order valence-corrected chi connectivity index (χ2v) is 11.4. The number of thiazole rings is 1. The maximum Gasteiger partial charge on any atom is 0.352 e. The average molecular weight is 620 g/mol. The largest absolute Gasteiger partial charge is 0.477 e. The van der Waals surface area contributed by atoms with Gasteiger partial charge in [0.1, 0.15) is 34.9 Å². The van der Waals surface area contributed by atoms with E-state index < -0.39 is 35.1 Å². The van der Waals surface area contributed by atoms with Gasteiger partial charge in [0.2, 0.25) is 5.82 Å². The number of carboxylic acids is 1. The van der Waals surface area contributed by atoms with Gasteiger partial charge in [-0.25, -0.2) is 20.6 Å². The third kappa shape index (κ3) is 5.28. The molecule has 41 heavy (non-hydrogen) atoms. The van der Waals surface area contributed by atoms with Crippen LogP contribution in [0.4, 0.5) is 5.13 Å². The van der Waals surface area contributed by atoms with E-state index in [1.165, 1.54) is 40.5 Å². The summed E-state index contributed by atoms with van der Waals surface area (Å²) in [6.45, 7) is 1.74. The maximum absolute atomic E-state index is 13.1. The fraction of sp³-hybridized carbons (Fsp3) is 0.286. The van der Waals surface area contributed by atoms with Gasteiger partial charge in [-0.05, 0) is 18.6 Å². The van der Waals surface area contributed by atoms with Crippen molar-refractivity contribution in [3.05, 3.63) is 39.9 Å². The van der Waals surface area contributed by atoms with Crippen LogP contribution in [-0.4, -0.2) is 94.0 Å². The quantitative estimate of drug-likeness (QED) is 0.0365. The summed E-state index contributed by atoms with van der Waals surface area (Å²) in [7, 11) is 1.26. The van der Waals surface area contributed by atoms with Crippen molar-refractivity contribution in [3.63, 3.8) is 0 Å². The number of rotatable bonds is 9. The number of hydrogen-bond donors (Lipinski definition) is 5. The Bertz CT molecular complexity index is 1650. The summed E-state index contributed by atoms with van der Waals surface area (Å²) in [5.74, 6) is 2.37. The lowest BCUT2D eigenvalue weighted by molar-refractivity contribution is -0.150. The van der Waals surface area contributed by atoms with E-state index in [0.29, 0.717) is 16.3 Å². The summed E-state index contributed by atoms with van der Waals surface area (Å²) in [5.41, 5.74) is 8.57. The average Bonchev–Trinajstić information content (AvgIpc) is 3.58. The number of carboxylic acid groups (broad SMARTS) is 1. The number of oxime groups is 1. The molecule has 0 unspecified atom stereocenters. The molecule has 214 valence electrons. The first-order chi connectivity index (χ1) is 19.6. The Morgan fingerprint density at radius 3 is 2.76 bits per heavy atom. The molecule has 20 heteroatoms. The fourth-order valence-electron chi connectivity index (χ4n) is 4.07. The van der Waals surface area contributed by atoms with Crippen LogP contribution >= 0.6 is 34.9 Å². The number of thioether (sulfide) groups is 2. The Hall–Kier alpha value is -4.27. The molecule has 0 spiro atoms. The molecule has 5 rings (SSSR count). The highest BCUT2D eigenvalue weighted by molar-refractivity contribution is 8.01. The van der Waals surface area contributed by atoms with Crippen LogP contribution in [0.5, 0.6) is 0 Å². The molecule has 3 amide bonds. The van der Waals surface area contributed by atoms with Crippen molar-refractivity contribution in [2.75, 3.05) is 24.3 Å². The molecule has 5 heterocycles. The van der Waals surface area contributed by atoms with Gasteiger partial charge in [-0.3, -0.25) is 24.7 Å². The normalized spacial score (nSPS) is 18.7. The minimum atomic E-state index is -1.28. The lowest BCUT2D eigenvalue weighted by atomic mass is 10.0. The molecule has 3 aromatic rings. The molecule has 7 N–H and O–H groups in total. The number of carbonyl (C=O) groups excluding carboxylic acids is 3. The van der Waals surface area contributed by atoms with Gasteiger partial charge >= 0.3 is 11.9 Å². The topological polar surface area (TPSA) is 245 Å². The highest BCUT2D eigenvalue weighted by atomic mass is 32.2. The van der Waals surface area contributed by atoms with E-state index in [4.69, 9.17) is 16.4 Å². The van der Waals surface area contributed by atoms with E-state index in [1.807, 2.05) is 5.43 Å². The zero-order valence-electron chi connectivity index (χ0n) is 21.2. The molecule has 2 aliphatic heterocycles. The van der Waals surface area contributed by atoms with E-state index in [-0.39, 0.29) is 45.3 Å². The summed E-state index contributed by atoms with van der Waals surface area (Å²) in [4.78, 5) is 68.5. The van der Waals surface area contributed by atoms with Gasteiger partial charge in [-0.1, -0.05) is 5.16 Å². The van der Waals surface area contributed by atoms with Gasteiger partial charge in [0.15, 0.2) is 10.8 Å². The summed E-state index contributed by atoms with van der Waals surface area (Å²) in [6.07, 6.45) is 0. The van der Waals surface area contributed by atoms with E-state index in [9.17, 15) is 24.3 Å². The van der Waals surface area contributed by atoms with Crippen LogP contribution in [0.15, 0.2) is 32.9 Å². The lowest BCUT2D eigenvalue weighted by Gasteiger charge is -2.49. The number of fused-ring (bicyclic) bond motifs is 2. The van der Waals surface area contributed by atoms with Gasteiger partial charge in [0, 0.05) is 22.6 Å². The first-order valence-electron chi connectivity index (χ1n) is 11.5. The summed E-state index contributed by atoms with van der Waals surface area (Å²) < 4.78 is 1.36. The second kappa shape index (κ2) is 11.3. The van der Waals surface area contributed by atoms with Crippen LogP contribution in [-0.2, 0) is 19.2 Å². The number of carbonyl (C=O) groups is 4. The molecule has 0 saturated carbocycles. The molecule has 2 aliphatic rings. The molecule has 1 fully saturated rings. The maximum atomic E-state index is 13.1. The number of aromatic nitrogens is 5. The summed E-state index contributed by atoms with van der Waals surface area (Å²) >= 11 is 3.66. The van der Waals surface area contributed by atoms with Crippen LogP contribution < -0.4 is 22.3 Å². The van der Waals surface area contributed by atoms with Crippen molar-refractivity contribution >= 4 is 75.2 Å². The molecule has 0 bridgehead atoms. The number of hydrogen-bond acceptors (Lipinski definition) is 15. The number of nitrogen functional groups attached to an aromatic ring is 2. The zero-order valence-corrected chi connectivity index (χ0v) is 23.7. The Balaban J connectivity index is 1.35. The SMILES string of the molecule is CON=C(C(=O)N[C@@H]1C(=O)N2C(C(=O)O)=C(CSc3cc(C)nc4nc(C(=O)NN)nn34)CS[C@H]12)c1csc(N)n1. The molecule has 0 aliphatic carbocycles. The predicted octanol–water partition coefficient (Wildman–Crippen LogP) is -1.04. The van der Waals surface area contributed by atoms with Crippen molar-refractivity contribution in [2.24, 2.45) is 11.0 Å². The first kappa shape index (κ1) is 28.3. The Morgan fingerprint density at radius 1 is 1.32 bits per heavy atom. The third-order valence-corrected chi connectivity index (χ3v) is 8.93. The Kier molecular flexibility index (Phi) is 7.80. The molecule has 3 aromatic heterocycles. The number of nitrogens with two attached hydrogens (primary N) is 2. The molecule has 17 nitrogen and oxygen atoms in total.